The Labute approximate surface area is 97.3 Å². The van der Waals surface area contributed by atoms with Crippen LogP contribution in [-0.4, -0.2) is 34.1 Å². The summed E-state index contributed by atoms with van der Waals surface area (Å²) in [6.07, 6.45) is -0.398. The summed E-state index contributed by atoms with van der Waals surface area (Å²) in [5, 5.41) is 11.5. The first-order valence-electron chi connectivity index (χ1n) is 4.54. The van der Waals surface area contributed by atoms with Crippen LogP contribution in [0.3, 0.4) is 0 Å². The Bertz CT molecular complexity index is 237. The van der Waals surface area contributed by atoms with E-state index in [-0.39, 0.29) is 0 Å². The molecule has 88 valence electrons. The minimum Gasteiger partial charge on any atom is -0.480 e. The van der Waals surface area contributed by atoms with Crippen LogP contribution < -0.4 is 5.32 Å². The molecule has 0 aromatic heterocycles. The molecule has 0 heterocycles. The lowest BCUT2D eigenvalue weighted by atomic mass is 10.2. The molecule has 0 aliphatic carbocycles. The van der Waals surface area contributed by atoms with Gasteiger partial charge in [-0.25, -0.2) is 9.59 Å². The second-order valence-corrected chi connectivity index (χ2v) is 4.81. The number of carboxylic acid groups (broad SMARTS) is 1. The molecule has 0 bridgehead atoms. The number of nitrogens with one attached hydrogen (secondary N) is 1. The van der Waals surface area contributed by atoms with Crippen LogP contribution in [0.15, 0.2) is 0 Å². The lowest BCUT2D eigenvalue weighted by Crippen LogP contribution is -2.43. The third-order valence-corrected chi connectivity index (χ3v) is 1.84. The van der Waals surface area contributed by atoms with E-state index in [1.807, 2.05) is 0 Å². The van der Waals surface area contributed by atoms with Crippen molar-refractivity contribution in [1.82, 2.24) is 5.32 Å². The lowest BCUT2D eigenvalue weighted by Gasteiger charge is -2.21. The highest BCUT2D eigenvalue weighted by molar-refractivity contribution is 9.09. The Morgan fingerprint density at radius 1 is 1.47 bits per heavy atom. The van der Waals surface area contributed by atoms with Crippen molar-refractivity contribution in [3.05, 3.63) is 0 Å². The number of halogens is 1. The zero-order valence-electron chi connectivity index (χ0n) is 9.04. The maximum absolute atomic E-state index is 11.2. The summed E-state index contributed by atoms with van der Waals surface area (Å²) in [4.78, 5) is 21.9. The lowest BCUT2D eigenvalue weighted by molar-refractivity contribution is -0.139. The van der Waals surface area contributed by atoms with Crippen LogP contribution in [0.5, 0.6) is 0 Å². The van der Waals surface area contributed by atoms with Crippen molar-refractivity contribution in [3.63, 3.8) is 0 Å². The molecule has 0 aromatic rings. The molecular weight excluding hydrogens is 266 g/mol. The summed E-state index contributed by atoms with van der Waals surface area (Å²) in [6, 6.07) is -0.917. The fourth-order valence-corrected chi connectivity index (χ4v) is 1.27. The fraction of sp³-hybridized carbons (Fsp3) is 0.778. The van der Waals surface area contributed by atoms with Gasteiger partial charge in [0.25, 0.3) is 0 Å². The van der Waals surface area contributed by atoms with Crippen molar-refractivity contribution in [2.24, 2.45) is 0 Å². The van der Waals surface area contributed by atoms with Gasteiger partial charge in [0.2, 0.25) is 0 Å². The van der Waals surface area contributed by atoms with Crippen LogP contribution >= 0.6 is 15.9 Å². The van der Waals surface area contributed by atoms with E-state index in [4.69, 9.17) is 9.84 Å². The maximum atomic E-state index is 11.2. The van der Waals surface area contributed by atoms with Gasteiger partial charge in [0.1, 0.15) is 11.6 Å². The molecule has 15 heavy (non-hydrogen) atoms. The molecular formula is C9H16BrNO4. The predicted molar refractivity (Wildman–Crippen MR) is 59.2 cm³/mol. The number of hydrogen-bond acceptors (Lipinski definition) is 3. The number of alkyl halides is 1. The Hall–Kier alpha value is -0.780. The molecule has 1 atom stereocenters. The SMILES string of the molecule is CC(C)(C)OC(=O)NC(CCBr)C(=O)O. The highest BCUT2D eigenvalue weighted by Gasteiger charge is 2.23. The number of carbonyl (C=O) groups is 2. The van der Waals surface area contributed by atoms with Crippen molar-refractivity contribution in [3.8, 4) is 0 Å². The third-order valence-electron chi connectivity index (χ3n) is 1.39. The highest BCUT2D eigenvalue weighted by Crippen LogP contribution is 2.07. The van der Waals surface area contributed by atoms with Crippen LogP contribution in [0, 0.1) is 0 Å². The average molecular weight is 282 g/mol. The predicted octanol–water partition coefficient (Wildman–Crippen LogP) is 1.75. The summed E-state index contributed by atoms with van der Waals surface area (Å²) in [7, 11) is 0. The van der Waals surface area contributed by atoms with Crippen LogP contribution in [0.4, 0.5) is 4.79 Å². The minimum absolute atomic E-state index is 0.314. The van der Waals surface area contributed by atoms with E-state index >= 15 is 0 Å². The Morgan fingerprint density at radius 2 is 2.00 bits per heavy atom. The van der Waals surface area contributed by atoms with Crippen molar-refractivity contribution in [2.45, 2.75) is 38.8 Å². The van der Waals surface area contributed by atoms with Crippen LogP contribution in [0.25, 0.3) is 0 Å². The van der Waals surface area contributed by atoms with E-state index < -0.39 is 23.7 Å². The molecule has 0 aliphatic heterocycles. The van der Waals surface area contributed by atoms with Gasteiger partial charge in [-0.15, -0.1) is 0 Å². The van der Waals surface area contributed by atoms with Crippen molar-refractivity contribution >= 4 is 28.0 Å². The van der Waals surface area contributed by atoms with Crippen LogP contribution in [0.1, 0.15) is 27.2 Å². The quantitative estimate of drug-likeness (QED) is 0.770. The monoisotopic (exact) mass is 281 g/mol. The number of alkyl carbamates (subject to hydrolysis) is 1. The van der Waals surface area contributed by atoms with E-state index in [2.05, 4.69) is 21.2 Å². The molecule has 1 unspecified atom stereocenters. The van der Waals surface area contributed by atoms with Gasteiger partial charge >= 0.3 is 12.1 Å². The number of aliphatic carboxylic acids is 1. The Balaban J connectivity index is 4.18. The standard InChI is InChI=1S/C9H16BrNO4/c1-9(2,3)15-8(14)11-6(4-5-10)7(12)13/h6H,4-5H2,1-3H3,(H,11,14)(H,12,13). The first-order valence-corrected chi connectivity index (χ1v) is 5.66. The van der Waals surface area contributed by atoms with E-state index in [0.29, 0.717) is 11.8 Å². The van der Waals surface area contributed by atoms with E-state index in [0.717, 1.165) is 0 Å². The summed E-state index contributed by atoms with van der Waals surface area (Å²) in [5.41, 5.74) is -0.623. The van der Waals surface area contributed by atoms with E-state index in [1.54, 1.807) is 20.8 Å². The molecule has 0 fully saturated rings. The summed E-state index contributed by atoms with van der Waals surface area (Å²) in [5.74, 6) is -1.07. The molecule has 0 aromatic carbocycles. The highest BCUT2D eigenvalue weighted by atomic mass is 79.9. The molecule has 0 saturated heterocycles. The van der Waals surface area contributed by atoms with Gasteiger partial charge < -0.3 is 15.2 Å². The normalized spacial score (nSPS) is 13.1. The molecule has 0 saturated carbocycles. The van der Waals surface area contributed by atoms with E-state index in [1.165, 1.54) is 0 Å². The molecule has 5 nitrogen and oxygen atoms in total. The van der Waals surface area contributed by atoms with Gasteiger partial charge in [-0.05, 0) is 27.2 Å². The molecule has 0 radical (unpaired) electrons. The van der Waals surface area contributed by atoms with Gasteiger partial charge in [0.05, 0.1) is 0 Å². The summed E-state index contributed by atoms with van der Waals surface area (Å²) < 4.78 is 4.94. The van der Waals surface area contributed by atoms with Crippen molar-refractivity contribution in [2.75, 3.05) is 5.33 Å². The van der Waals surface area contributed by atoms with Crippen LogP contribution in [-0.2, 0) is 9.53 Å². The van der Waals surface area contributed by atoms with Gasteiger partial charge in [-0.3, -0.25) is 0 Å². The van der Waals surface area contributed by atoms with Gasteiger partial charge in [0, 0.05) is 5.33 Å². The number of hydrogen-bond donors (Lipinski definition) is 2. The number of ether oxygens (including phenoxy) is 1. The maximum Gasteiger partial charge on any atom is 0.408 e. The smallest absolute Gasteiger partial charge is 0.408 e. The third kappa shape index (κ3) is 7.18. The minimum atomic E-state index is -1.07. The largest absolute Gasteiger partial charge is 0.480 e. The second-order valence-electron chi connectivity index (χ2n) is 4.01. The van der Waals surface area contributed by atoms with Gasteiger partial charge in [0.15, 0.2) is 0 Å². The number of rotatable bonds is 4. The molecule has 0 spiro atoms. The zero-order chi connectivity index (χ0) is 12.1. The zero-order valence-corrected chi connectivity index (χ0v) is 10.6. The number of amides is 1. The van der Waals surface area contributed by atoms with Crippen molar-refractivity contribution < 1.29 is 19.4 Å². The topological polar surface area (TPSA) is 75.6 Å². The second kappa shape index (κ2) is 5.95. The average Bonchev–Trinajstić information content (AvgIpc) is 1.99. The number of carboxylic acids is 1. The first-order chi connectivity index (χ1) is 6.76. The van der Waals surface area contributed by atoms with Crippen LogP contribution in [0.2, 0.25) is 0 Å². The number of carbonyl (C=O) groups excluding carboxylic acids is 1. The molecule has 1 amide bonds. The summed E-state index contributed by atoms with van der Waals surface area (Å²) >= 11 is 3.11. The van der Waals surface area contributed by atoms with Crippen molar-refractivity contribution in [1.29, 1.82) is 0 Å². The van der Waals surface area contributed by atoms with E-state index in [9.17, 15) is 9.59 Å². The fourth-order valence-electron chi connectivity index (χ4n) is 0.816. The Kier molecular flexibility index (Phi) is 5.64. The van der Waals surface area contributed by atoms with Gasteiger partial charge in [-0.1, -0.05) is 15.9 Å². The molecule has 6 heteroatoms. The first kappa shape index (κ1) is 14.2. The molecule has 0 rings (SSSR count). The Morgan fingerprint density at radius 3 is 2.33 bits per heavy atom. The van der Waals surface area contributed by atoms with Gasteiger partial charge in [-0.2, -0.15) is 0 Å². The molecule has 0 aliphatic rings. The summed E-state index contributed by atoms with van der Waals surface area (Å²) in [6.45, 7) is 5.15. The molecule has 2 N–H and O–H groups in total.